The highest BCUT2D eigenvalue weighted by molar-refractivity contribution is 5.79. The fraction of sp³-hybridized carbons (Fsp3) is 0.556. The summed E-state index contributed by atoms with van der Waals surface area (Å²) in [5.41, 5.74) is 0.867. The van der Waals surface area contributed by atoms with E-state index >= 15 is 0 Å². The van der Waals surface area contributed by atoms with E-state index in [0.29, 0.717) is 6.01 Å². The van der Waals surface area contributed by atoms with E-state index in [9.17, 15) is 0 Å². The van der Waals surface area contributed by atoms with Gasteiger partial charge in [-0.3, -0.25) is 0 Å². The summed E-state index contributed by atoms with van der Waals surface area (Å²) in [6, 6.07) is 6.28. The Morgan fingerprint density at radius 1 is 1.25 bits per heavy atom. The van der Waals surface area contributed by atoms with Crippen LogP contribution in [0.1, 0.15) is 6.42 Å². The normalized spacial score (nSPS) is 23.5. The summed E-state index contributed by atoms with van der Waals surface area (Å²) in [7, 11) is 1.57. The second-order valence-corrected chi connectivity index (χ2v) is 6.72. The Kier molecular flexibility index (Phi) is 4.49. The van der Waals surface area contributed by atoms with Crippen LogP contribution in [0.3, 0.4) is 0 Å². The van der Waals surface area contributed by atoms with Crippen LogP contribution in [-0.4, -0.2) is 61.3 Å². The van der Waals surface area contributed by atoms with Crippen LogP contribution in [0, 0.1) is 11.8 Å². The maximum absolute atomic E-state index is 5.90. The van der Waals surface area contributed by atoms with E-state index in [0.717, 1.165) is 48.1 Å². The van der Waals surface area contributed by atoms with E-state index < -0.39 is 0 Å². The molecule has 1 aromatic carbocycles. The van der Waals surface area contributed by atoms with E-state index in [4.69, 9.17) is 9.47 Å². The summed E-state index contributed by atoms with van der Waals surface area (Å²) in [5.74, 6) is 2.60. The zero-order valence-corrected chi connectivity index (χ0v) is 14.1. The van der Waals surface area contributed by atoms with Gasteiger partial charge >= 0.3 is 6.01 Å². The van der Waals surface area contributed by atoms with Crippen molar-refractivity contribution >= 4 is 10.9 Å². The summed E-state index contributed by atoms with van der Waals surface area (Å²) in [4.78, 5) is 11.0. The molecular weight excluding hydrogens is 304 g/mol. The summed E-state index contributed by atoms with van der Waals surface area (Å²) >= 11 is 0. The Morgan fingerprint density at radius 3 is 2.88 bits per heavy atom. The lowest BCUT2D eigenvalue weighted by molar-refractivity contribution is 0.254. The Hall–Kier alpha value is -1.92. The highest BCUT2D eigenvalue weighted by Crippen LogP contribution is 2.26. The van der Waals surface area contributed by atoms with Gasteiger partial charge in [0, 0.05) is 31.2 Å². The molecule has 2 aliphatic heterocycles. The number of fused-ring (bicyclic) bond motifs is 2. The Bertz CT molecular complexity index is 696. The predicted molar refractivity (Wildman–Crippen MR) is 92.5 cm³/mol. The van der Waals surface area contributed by atoms with Gasteiger partial charge in [-0.1, -0.05) is 0 Å². The van der Waals surface area contributed by atoms with Crippen LogP contribution in [-0.2, 0) is 0 Å². The van der Waals surface area contributed by atoms with Crippen molar-refractivity contribution in [3.63, 3.8) is 0 Å². The fourth-order valence-corrected chi connectivity index (χ4v) is 3.80. The number of ether oxygens (including phenoxy) is 2. The van der Waals surface area contributed by atoms with Gasteiger partial charge in [0.1, 0.15) is 5.75 Å². The van der Waals surface area contributed by atoms with Gasteiger partial charge in [-0.25, -0.2) is 4.98 Å². The minimum absolute atomic E-state index is 0.391. The Morgan fingerprint density at radius 2 is 2.08 bits per heavy atom. The molecule has 6 heteroatoms. The zero-order valence-electron chi connectivity index (χ0n) is 14.1. The molecule has 2 aromatic rings. The molecule has 3 heterocycles. The lowest BCUT2D eigenvalue weighted by atomic mass is 10.0. The fourth-order valence-electron chi connectivity index (χ4n) is 3.80. The lowest BCUT2D eigenvalue weighted by Gasteiger charge is -2.16. The third kappa shape index (κ3) is 3.30. The molecule has 2 fully saturated rings. The molecule has 1 N–H and O–H groups in total. The van der Waals surface area contributed by atoms with Crippen molar-refractivity contribution < 1.29 is 9.47 Å². The number of nitrogens with zero attached hydrogens (tertiary/aromatic N) is 3. The van der Waals surface area contributed by atoms with Gasteiger partial charge in [-0.15, -0.1) is 0 Å². The molecule has 128 valence electrons. The van der Waals surface area contributed by atoms with Crippen molar-refractivity contribution in [3.8, 4) is 11.8 Å². The number of methoxy groups -OCH3 is 1. The van der Waals surface area contributed by atoms with Gasteiger partial charge in [-0.05, 0) is 49.5 Å². The summed E-state index contributed by atoms with van der Waals surface area (Å²) < 4.78 is 10.9. The van der Waals surface area contributed by atoms with Crippen molar-refractivity contribution in [2.45, 2.75) is 6.42 Å². The molecule has 2 aliphatic rings. The zero-order chi connectivity index (χ0) is 16.4. The first-order chi connectivity index (χ1) is 11.8. The minimum Gasteiger partial charge on any atom is -0.494 e. The molecule has 0 amide bonds. The van der Waals surface area contributed by atoms with Crippen molar-refractivity contribution in [1.29, 1.82) is 0 Å². The topological polar surface area (TPSA) is 59.5 Å². The molecule has 24 heavy (non-hydrogen) atoms. The highest BCUT2D eigenvalue weighted by Gasteiger charge is 2.35. The molecule has 0 aliphatic carbocycles. The van der Waals surface area contributed by atoms with Crippen LogP contribution in [0.5, 0.6) is 11.8 Å². The number of likely N-dealkylation sites (tertiary alicyclic amines) is 1. The molecule has 6 nitrogen and oxygen atoms in total. The maximum atomic E-state index is 5.90. The first-order valence-electron chi connectivity index (χ1n) is 8.68. The Balaban J connectivity index is 1.26. The molecule has 4 rings (SSSR count). The van der Waals surface area contributed by atoms with Crippen molar-refractivity contribution in [2.75, 3.05) is 46.4 Å². The third-order valence-electron chi connectivity index (χ3n) is 5.06. The predicted octanol–water partition coefficient (Wildman–Crippen LogP) is 1.56. The van der Waals surface area contributed by atoms with Crippen molar-refractivity contribution in [2.24, 2.45) is 11.8 Å². The number of hydrogen-bond acceptors (Lipinski definition) is 6. The summed E-state index contributed by atoms with van der Waals surface area (Å²) in [5, 5.41) is 4.45. The molecule has 0 saturated carbocycles. The average Bonchev–Trinajstić information content (AvgIpc) is 3.19. The first kappa shape index (κ1) is 15.6. The number of aromatic nitrogens is 2. The molecule has 2 unspecified atom stereocenters. The molecule has 2 atom stereocenters. The van der Waals surface area contributed by atoms with Gasteiger partial charge in [0.25, 0.3) is 0 Å². The van der Waals surface area contributed by atoms with Gasteiger partial charge in [-0.2, -0.15) is 4.98 Å². The smallest absolute Gasteiger partial charge is 0.316 e. The third-order valence-corrected chi connectivity index (χ3v) is 5.06. The SMILES string of the molecule is COc1ncc2cc(OCCCN3CC4CNCC4C3)ccc2n1. The van der Waals surface area contributed by atoms with Crippen LogP contribution in [0.15, 0.2) is 24.4 Å². The number of nitrogens with one attached hydrogen (secondary N) is 1. The molecule has 0 radical (unpaired) electrons. The second kappa shape index (κ2) is 6.91. The highest BCUT2D eigenvalue weighted by atomic mass is 16.5. The molecule has 0 spiro atoms. The first-order valence-corrected chi connectivity index (χ1v) is 8.68. The largest absolute Gasteiger partial charge is 0.494 e. The van der Waals surface area contributed by atoms with Crippen LogP contribution in [0.4, 0.5) is 0 Å². The molecular formula is C18H24N4O2. The number of rotatable bonds is 6. The maximum Gasteiger partial charge on any atom is 0.316 e. The lowest BCUT2D eigenvalue weighted by Crippen LogP contribution is -2.27. The van der Waals surface area contributed by atoms with Gasteiger partial charge in [0.2, 0.25) is 0 Å². The minimum atomic E-state index is 0.391. The van der Waals surface area contributed by atoms with E-state index in [-0.39, 0.29) is 0 Å². The van der Waals surface area contributed by atoms with Gasteiger partial charge < -0.3 is 19.7 Å². The number of benzene rings is 1. The van der Waals surface area contributed by atoms with Crippen LogP contribution >= 0.6 is 0 Å². The van der Waals surface area contributed by atoms with E-state index in [1.165, 1.54) is 26.2 Å². The van der Waals surface area contributed by atoms with Crippen LogP contribution < -0.4 is 14.8 Å². The second-order valence-electron chi connectivity index (χ2n) is 6.72. The van der Waals surface area contributed by atoms with E-state index in [2.05, 4.69) is 20.2 Å². The molecule has 0 bridgehead atoms. The van der Waals surface area contributed by atoms with Crippen LogP contribution in [0.2, 0.25) is 0 Å². The standard InChI is InChI=1S/C18H24N4O2/c1-23-18-20-10-13-7-16(3-4-17(13)21-18)24-6-2-5-22-11-14-8-19-9-15(14)12-22/h3-4,7,10,14-15,19H,2,5-6,8-9,11-12H2,1H3. The average molecular weight is 328 g/mol. The molecule has 2 saturated heterocycles. The Labute approximate surface area is 142 Å². The summed E-state index contributed by atoms with van der Waals surface area (Å²) in [6.45, 7) is 6.75. The number of hydrogen-bond donors (Lipinski definition) is 1. The van der Waals surface area contributed by atoms with Gasteiger partial charge in [0.05, 0.1) is 19.2 Å². The van der Waals surface area contributed by atoms with E-state index in [1.54, 1.807) is 13.3 Å². The summed E-state index contributed by atoms with van der Waals surface area (Å²) in [6.07, 6.45) is 2.83. The van der Waals surface area contributed by atoms with Crippen molar-refractivity contribution in [3.05, 3.63) is 24.4 Å². The monoisotopic (exact) mass is 328 g/mol. The van der Waals surface area contributed by atoms with Gasteiger partial charge in [0.15, 0.2) is 0 Å². The van der Waals surface area contributed by atoms with Crippen LogP contribution in [0.25, 0.3) is 10.9 Å². The quantitative estimate of drug-likeness (QED) is 0.812. The van der Waals surface area contributed by atoms with E-state index in [1.807, 2.05) is 18.2 Å². The molecule has 1 aromatic heterocycles. The van der Waals surface area contributed by atoms with Crippen molar-refractivity contribution in [1.82, 2.24) is 20.2 Å².